The van der Waals surface area contributed by atoms with Crippen LogP contribution in [0.2, 0.25) is 0 Å². The van der Waals surface area contributed by atoms with Crippen LogP contribution < -0.4 is 9.47 Å². The average Bonchev–Trinajstić information content (AvgIpc) is 3.40. The summed E-state index contributed by atoms with van der Waals surface area (Å²) < 4.78 is 23.1. The van der Waals surface area contributed by atoms with Crippen LogP contribution in [0.1, 0.15) is 26.4 Å². The number of aromatic nitrogens is 3. The molecule has 5 aromatic rings. The minimum Gasteiger partial charge on any atom is -0.496 e. The highest BCUT2D eigenvalue weighted by molar-refractivity contribution is 6.06. The van der Waals surface area contributed by atoms with Crippen LogP contribution in [0.3, 0.4) is 0 Å². The molecule has 2 aromatic heterocycles. The van der Waals surface area contributed by atoms with Crippen molar-refractivity contribution < 1.29 is 28.5 Å². The molecule has 0 fully saturated rings. The molecule has 0 atom stereocenters. The third-order valence-electron chi connectivity index (χ3n) is 6.18. The van der Waals surface area contributed by atoms with E-state index in [4.69, 9.17) is 18.9 Å². The minimum absolute atomic E-state index is 0.00848. The SMILES string of the molecule is COC(=O)c1c(-c2ccc(OC)c(COc3ccc4cccnc4c3)c2)nn(-c2ccccc2)c1C(=O)OC. The van der Waals surface area contributed by atoms with Gasteiger partial charge in [-0.05, 0) is 48.5 Å². The van der Waals surface area contributed by atoms with E-state index < -0.39 is 11.9 Å². The topological polar surface area (TPSA) is 102 Å². The van der Waals surface area contributed by atoms with Crippen LogP contribution in [-0.4, -0.2) is 48.0 Å². The number of benzene rings is 3. The number of ether oxygens (including phenoxy) is 4. The number of carbonyl (C=O) groups is 2. The third kappa shape index (κ3) is 5.02. The maximum atomic E-state index is 13.0. The lowest BCUT2D eigenvalue weighted by atomic mass is 10.0. The number of nitrogens with zero attached hydrogens (tertiary/aromatic N) is 3. The highest BCUT2D eigenvalue weighted by atomic mass is 16.5. The van der Waals surface area contributed by atoms with Crippen molar-refractivity contribution in [2.75, 3.05) is 21.3 Å². The molecule has 0 amide bonds. The Labute approximate surface area is 224 Å². The van der Waals surface area contributed by atoms with Gasteiger partial charge in [-0.25, -0.2) is 14.3 Å². The summed E-state index contributed by atoms with van der Waals surface area (Å²) in [6, 6.07) is 23.9. The summed E-state index contributed by atoms with van der Waals surface area (Å²) in [4.78, 5) is 30.2. The molecule has 9 nitrogen and oxygen atoms in total. The number of methoxy groups -OCH3 is 3. The van der Waals surface area contributed by atoms with E-state index in [2.05, 4.69) is 10.1 Å². The van der Waals surface area contributed by atoms with E-state index in [1.807, 2.05) is 42.5 Å². The van der Waals surface area contributed by atoms with Gasteiger partial charge in [0.2, 0.25) is 0 Å². The molecule has 0 saturated heterocycles. The quantitative estimate of drug-likeness (QED) is 0.254. The molecule has 5 rings (SSSR count). The number of esters is 2. The molecule has 0 bridgehead atoms. The summed E-state index contributed by atoms with van der Waals surface area (Å²) in [7, 11) is 4.06. The Hall–Kier alpha value is -5.18. The first-order chi connectivity index (χ1) is 19.0. The Kier molecular flexibility index (Phi) is 7.22. The molecular weight excluding hydrogens is 498 g/mol. The molecule has 0 spiro atoms. The van der Waals surface area contributed by atoms with Crippen LogP contribution in [-0.2, 0) is 16.1 Å². The fourth-order valence-electron chi connectivity index (χ4n) is 4.29. The summed E-state index contributed by atoms with van der Waals surface area (Å²) in [6.07, 6.45) is 1.73. The molecule has 0 radical (unpaired) electrons. The Morgan fingerprint density at radius 3 is 2.38 bits per heavy atom. The zero-order valence-electron chi connectivity index (χ0n) is 21.6. The maximum Gasteiger partial charge on any atom is 0.357 e. The molecule has 39 heavy (non-hydrogen) atoms. The van der Waals surface area contributed by atoms with Crippen LogP contribution in [0, 0.1) is 0 Å². The van der Waals surface area contributed by atoms with Crippen LogP contribution in [0.25, 0.3) is 27.8 Å². The van der Waals surface area contributed by atoms with Crippen LogP contribution in [0.5, 0.6) is 11.5 Å². The van der Waals surface area contributed by atoms with Crippen molar-refractivity contribution in [1.82, 2.24) is 14.8 Å². The van der Waals surface area contributed by atoms with Gasteiger partial charge in [0.05, 0.1) is 32.5 Å². The molecular formula is C30H25N3O6. The van der Waals surface area contributed by atoms with Gasteiger partial charge in [0.25, 0.3) is 0 Å². The second-order valence-corrected chi connectivity index (χ2v) is 8.48. The molecule has 3 aromatic carbocycles. The predicted molar refractivity (Wildman–Crippen MR) is 144 cm³/mol. The predicted octanol–water partition coefficient (Wildman–Crippen LogP) is 5.25. The lowest BCUT2D eigenvalue weighted by molar-refractivity contribution is 0.0549. The van der Waals surface area contributed by atoms with Gasteiger partial charge in [-0.2, -0.15) is 5.10 Å². The molecule has 2 heterocycles. The lowest BCUT2D eigenvalue weighted by Gasteiger charge is -2.12. The number of hydrogen-bond acceptors (Lipinski definition) is 8. The number of para-hydroxylation sites is 1. The smallest absolute Gasteiger partial charge is 0.357 e. The maximum absolute atomic E-state index is 13.0. The van der Waals surface area contributed by atoms with Gasteiger partial charge in [-0.15, -0.1) is 0 Å². The first-order valence-electron chi connectivity index (χ1n) is 12.0. The standard InChI is InChI=1S/C30H25N3O6/c1-36-25-14-12-20(16-21(25)18-39-23-13-11-19-8-7-15-31-24(19)17-23)27-26(29(34)37-2)28(30(35)38-3)33(32-27)22-9-5-4-6-10-22/h4-17H,18H2,1-3H3. The van der Waals surface area contributed by atoms with Crippen molar-refractivity contribution in [3.8, 4) is 28.4 Å². The first-order valence-corrected chi connectivity index (χ1v) is 12.0. The Bertz CT molecular complexity index is 1660. The zero-order valence-corrected chi connectivity index (χ0v) is 21.6. The second-order valence-electron chi connectivity index (χ2n) is 8.48. The van der Waals surface area contributed by atoms with Crippen LogP contribution in [0.4, 0.5) is 0 Å². The van der Waals surface area contributed by atoms with Crippen molar-refractivity contribution in [3.05, 3.63) is 102 Å². The molecule has 0 N–H and O–H groups in total. The van der Waals surface area contributed by atoms with E-state index in [-0.39, 0.29) is 23.6 Å². The van der Waals surface area contributed by atoms with Crippen molar-refractivity contribution in [2.45, 2.75) is 6.61 Å². The Morgan fingerprint density at radius 2 is 1.64 bits per heavy atom. The summed E-state index contributed by atoms with van der Waals surface area (Å²) in [5.41, 5.74) is 2.88. The number of fused-ring (bicyclic) bond motifs is 1. The van der Waals surface area contributed by atoms with E-state index in [1.54, 1.807) is 49.7 Å². The number of rotatable bonds is 8. The van der Waals surface area contributed by atoms with Gasteiger partial charge in [0.1, 0.15) is 29.4 Å². The largest absolute Gasteiger partial charge is 0.496 e. The molecule has 0 unspecified atom stereocenters. The van der Waals surface area contributed by atoms with E-state index in [1.165, 1.54) is 18.9 Å². The van der Waals surface area contributed by atoms with Crippen molar-refractivity contribution in [1.29, 1.82) is 0 Å². The van der Waals surface area contributed by atoms with Gasteiger partial charge in [-0.1, -0.05) is 24.3 Å². The molecule has 196 valence electrons. The van der Waals surface area contributed by atoms with E-state index >= 15 is 0 Å². The van der Waals surface area contributed by atoms with Gasteiger partial charge in [-0.3, -0.25) is 4.98 Å². The van der Waals surface area contributed by atoms with Crippen LogP contribution in [0.15, 0.2) is 85.1 Å². The highest BCUT2D eigenvalue weighted by Gasteiger charge is 2.31. The highest BCUT2D eigenvalue weighted by Crippen LogP contribution is 2.33. The van der Waals surface area contributed by atoms with E-state index in [0.717, 1.165) is 10.9 Å². The van der Waals surface area contributed by atoms with Gasteiger partial charge in [0, 0.05) is 28.8 Å². The van der Waals surface area contributed by atoms with E-state index in [9.17, 15) is 9.59 Å². The average molecular weight is 524 g/mol. The number of carbonyl (C=O) groups excluding carboxylic acids is 2. The molecule has 0 aliphatic carbocycles. The second kappa shape index (κ2) is 11.1. The summed E-state index contributed by atoms with van der Waals surface area (Å²) in [5, 5.41) is 5.67. The van der Waals surface area contributed by atoms with Crippen LogP contribution >= 0.6 is 0 Å². The molecule has 0 aliphatic heterocycles. The fourth-order valence-corrected chi connectivity index (χ4v) is 4.29. The van der Waals surface area contributed by atoms with Gasteiger partial charge < -0.3 is 18.9 Å². The number of pyridine rings is 1. The summed E-state index contributed by atoms with van der Waals surface area (Å²) in [6.45, 7) is 0.173. The lowest BCUT2D eigenvalue weighted by Crippen LogP contribution is -2.15. The fraction of sp³-hybridized carbons (Fsp3) is 0.133. The Balaban J connectivity index is 1.58. The normalized spacial score (nSPS) is 10.7. The van der Waals surface area contributed by atoms with E-state index in [0.29, 0.717) is 28.3 Å². The van der Waals surface area contributed by atoms with Gasteiger partial charge in [0.15, 0.2) is 5.69 Å². The summed E-state index contributed by atoms with van der Waals surface area (Å²) >= 11 is 0. The van der Waals surface area contributed by atoms with Crippen molar-refractivity contribution in [3.63, 3.8) is 0 Å². The molecule has 9 heteroatoms. The minimum atomic E-state index is -0.722. The van der Waals surface area contributed by atoms with Gasteiger partial charge >= 0.3 is 11.9 Å². The van der Waals surface area contributed by atoms with Crippen molar-refractivity contribution >= 4 is 22.8 Å². The third-order valence-corrected chi connectivity index (χ3v) is 6.18. The monoisotopic (exact) mass is 523 g/mol. The molecule has 0 saturated carbocycles. The van der Waals surface area contributed by atoms with Crippen molar-refractivity contribution in [2.24, 2.45) is 0 Å². The first kappa shape index (κ1) is 25.5. The Morgan fingerprint density at radius 1 is 0.846 bits per heavy atom. The molecule has 0 aliphatic rings. The zero-order chi connectivity index (χ0) is 27.4. The summed E-state index contributed by atoms with van der Waals surface area (Å²) in [5.74, 6) is -0.206. The number of hydrogen-bond donors (Lipinski definition) is 0.